The molecule has 0 radical (unpaired) electrons. The molecule has 4 nitrogen and oxygen atoms in total. The minimum absolute atomic E-state index is 0.325. The van der Waals surface area contributed by atoms with Gasteiger partial charge in [0.15, 0.2) is 11.0 Å². The van der Waals surface area contributed by atoms with E-state index in [2.05, 4.69) is 76.1 Å². The van der Waals surface area contributed by atoms with Gasteiger partial charge in [-0.25, -0.2) is 0 Å². The van der Waals surface area contributed by atoms with Crippen molar-refractivity contribution in [3.8, 4) is 11.4 Å². The molecule has 0 spiro atoms. The molecule has 2 heterocycles. The topological polar surface area (TPSA) is 46.5 Å². The number of nitrogens with one attached hydrogen (secondary N) is 1. The van der Waals surface area contributed by atoms with Crippen LogP contribution in [-0.2, 0) is 6.54 Å². The zero-order valence-corrected chi connectivity index (χ0v) is 15.1. The van der Waals surface area contributed by atoms with Gasteiger partial charge in [0.05, 0.1) is 0 Å². The molecule has 0 saturated heterocycles. The number of aromatic nitrogens is 4. The molecule has 4 aromatic rings. The average molecular weight is 348 g/mol. The van der Waals surface area contributed by atoms with Gasteiger partial charge in [-0.05, 0) is 25.5 Å². The first kappa shape index (κ1) is 16.0. The highest BCUT2D eigenvalue weighted by molar-refractivity contribution is 7.99. The summed E-state index contributed by atoms with van der Waals surface area (Å²) < 4.78 is 2.19. The lowest BCUT2D eigenvalue weighted by Crippen LogP contribution is -2.00. The van der Waals surface area contributed by atoms with Gasteiger partial charge < -0.3 is 9.55 Å². The second kappa shape index (κ2) is 6.76. The number of rotatable bonds is 5. The fraction of sp³-hybridized carbons (Fsp3) is 0.200. The second-order valence-corrected chi connectivity index (χ2v) is 7.28. The fourth-order valence-corrected chi connectivity index (χ4v) is 4.11. The summed E-state index contributed by atoms with van der Waals surface area (Å²) in [4.78, 5) is 3.33. The highest BCUT2D eigenvalue weighted by atomic mass is 32.2. The van der Waals surface area contributed by atoms with E-state index in [4.69, 9.17) is 0 Å². The van der Waals surface area contributed by atoms with Crippen molar-refractivity contribution in [1.29, 1.82) is 0 Å². The van der Waals surface area contributed by atoms with E-state index in [-0.39, 0.29) is 0 Å². The minimum atomic E-state index is 0.325. The monoisotopic (exact) mass is 348 g/mol. The van der Waals surface area contributed by atoms with Crippen LogP contribution in [0.15, 0.2) is 66.0 Å². The number of aromatic amines is 1. The summed E-state index contributed by atoms with van der Waals surface area (Å²) in [5.74, 6) is 0.919. The molecule has 4 rings (SSSR count). The van der Waals surface area contributed by atoms with E-state index in [0.717, 1.165) is 28.6 Å². The van der Waals surface area contributed by atoms with Crippen molar-refractivity contribution in [3.05, 3.63) is 66.4 Å². The minimum Gasteiger partial charge on any atom is -0.360 e. The smallest absolute Gasteiger partial charge is 0.192 e. The van der Waals surface area contributed by atoms with Gasteiger partial charge >= 0.3 is 0 Å². The van der Waals surface area contributed by atoms with E-state index in [0.29, 0.717) is 5.25 Å². The predicted octanol–water partition coefficient (Wildman–Crippen LogP) is 5.30. The van der Waals surface area contributed by atoms with Crippen LogP contribution in [-0.4, -0.2) is 19.7 Å². The number of thioether (sulfide) groups is 1. The molecule has 0 saturated carbocycles. The quantitative estimate of drug-likeness (QED) is 0.498. The highest BCUT2D eigenvalue weighted by Gasteiger charge is 2.18. The van der Waals surface area contributed by atoms with Gasteiger partial charge in [0.1, 0.15) is 0 Å². The lowest BCUT2D eigenvalue weighted by atomic mass is 10.1. The Hall–Kier alpha value is -2.53. The maximum absolute atomic E-state index is 4.50. The Bertz CT molecular complexity index is 987. The Morgan fingerprint density at radius 1 is 1.04 bits per heavy atom. The molecule has 2 aromatic heterocycles. The van der Waals surface area contributed by atoms with E-state index in [1.165, 1.54) is 10.9 Å². The first-order valence-corrected chi connectivity index (χ1v) is 9.37. The van der Waals surface area contributed by atoms with Gasteiger partial charge in [-0.15, -0.1) is 10.2 Å². The lowest BCUT2D eigenvalue weighted by Gasteiger charge is -2.12. The van der Waals surface area contributed by atoms with E-state index in [9.17, 15) is 0 Å². The van der Waals surface area contributed by atoms with Crippen molar-refractivity contribution in [2.45, 2.75) is 30.8 Å². The van der Waals surface area contributed by atoms with Crippen LogP contribution in [0, 0.1) is 0 Å². The summed E-state index contributed by atoms with van der Waals surface area (Å²) in [6.07, 6.45) is 2.02. The Balaban J connectivity index is 1.70. The largest absolute Gasteiger partial charge is 0.360 e. The van der Waals surface area contributed by atoms with Crippen LogP contribution >= 0.6 is 11.8 Å². The van der Waals surface area contributed by atoms with Crippen molar-refractivity contribution < 1.29 is 0 Å². The molecule has 1 unspecified atom stereocenters. The van der Waals surface area contributed by atoms with Crippen LogP contribution in [0.4, 0.5) is 0 Å². The lowest BCUT2D eigenvalue weighted by molar-refractivity contribution is 0.686. The number of H-pyrrole nitrogens is 1. The van der Waals surface area contributed by atoms with Gasteiger partial charge in [0, 0.05) is 34.5 Å². The van der Waals surface area contributed by atoms with Gasteiger partial charge in [-0.1, -0.05) is 60.3 Å². The summed E-state index contributed by atoms with van der Waals surface area (Å²) in [6.45, 7) is 5.19. The highest BCUT2D eigenvalue weighted by Crippen LogP contribution is 2.36. The first-order chi connectivity index (χ1) is 12.3. The van der Waals surface area contributed by atoms with E-state index in [1.54, 1.807) is 11.8 Å². The number of hydrogen-bond acceptors (Lipinski definition) is 3. The number of benzene rings is 2. The molecule has 1 atom stereocenters. The average Bonchev–Trinajstić information content (AvgIpc) is 3.25. The van der Waals surface area contributed by atoms with Crippen molar-refractivity contribution in [3.63, 3.8) is 0 Å². The molecule has 0 aliphatic rings. The SMILES string of the molecule is CCn1c(SC(C)c2ccccc2)nnc1-c1c[nH]c2ccccc12. The van der Waals surface area contributed by atoms with Crippen molar-refractivity contribution >= 4 is 22.7 Å². The Labute approximate surface area is 151 Å². The van der Waals surface area contributed by atoms with Gasteiger partial charge in [-0.3, -0.25) is 0 Å². The van der Waals surface area contributed by atoms with Crippen LogP contribution in [0.5, 0.6) is 0 Å². The number of fused-ring (bicyclic) bond motifs is 1. The van der Waals surface area contributed by atoms with Crippen LogP contribution in [0.1, 0.15) is 24.7 Å². The maximum atomic E-state index is 4.50. The number of para-hydroxylation sites is 1. The number of nitrogens with zero attached hydrogens (tertiary/aromatic N) is 3. The summed E-state index contributed by atoms with van der Waals surface area (Å²) in [6, 6.07) is 18.8. The van der Waals surface area contributed by atoms with Gasteiger partial charge in [0.25, 0.3) is 0 Å². The molecule has 126 valence electrons. The zero-order valence-electron chi connectivity index (χ0n) is 14.3. The molecule has 0 bridgehead atoms. The fourth-order valence-electron chi connectivity index (χ4n) is 3.07. The Kier molecular flexibility index (Phi) is 4.32. The Morgan fingerprint density at radius 3 is 2.60 bits per heavy atom. The molecule has 5 heteroatoms. The summed E-state index contributed by atoms with van der Waals surface area (Å²) in [5.41, 5.74) is 3.52. The van der Waals surface area contributed by atoms with E-state index >= 15 is 0 Å². The molecule has 0 aliphatic heterocycles. The van der Waals surface area contributed by atoms with Crippen molar-refractivity contribution in [2.75, 3.05) is 0 Å². The molecule has 0 fully saturated rings. The molecular formula is C20H20N4S. The number of hydrogen-bond donors (Lipinski definition) is 1. The maximum Gasteiger partial charge on any atom is 0.192 e. The van der Waals surface area contributed by atoms with Crippen LogP contribution < -0.4 is 0 Å². The molecule has 0 amide bonds. The molecule has 0 aliphatic carbocycles. The summed E-state index contributed by atoms with van der Waals surface area (Å²) >= 11 is 1.75. The molecule has 25 heavy (non-hydrogen) atoms. The predicted molar refractivity (Wildman–Crippen MR) is 104 cm³/mol. The molecular weight excluding hydrogens is 328 g/mol. The third kappa shape index (κ3) is 2.96. The van der Waals surface area contributed by atoms with E-state index in [1.807, 2.05) is 18.3 Å². The third-order valence-corrected chi connectivity index (χ3v) is 5.55. The molecule has 1 N–H and O–H groups in total. The van der Waals surface area contributed by atoms with Crippen LogP contribution in [0.2, 0.25) is 0 Å². The second-order valence-electron chi connectivity index (χ2n) is 5.97. The first-order valence-electron chi connectivity index (χ1n) is 8.49. The van der Waals surface area contributed by atoms with Crippen LogP contribution in [0.3, 0.4) is 0 Å². The van der Waals surface area contributed by atoms with Gasteiger partial charge in [-0.2, -0.15) is 0 Å². The third-order valence-electron chi connectivity index (χ3n) is 4.41. The van der Waals surface area contributed by atoms with Crippen LogP contribution in [0.25, 0.3) is 22.3 Å². The summed E-state index contributed by atoms with van der Waals surface area (Å²) in [7, 11) is 0. The van der Waals surface area contributed by atoms with Crippen molar-refractivity contribution in [1.82, 2.24) is 19.7 Å². The Morgan fingerprint density at radius 2 is 1.80 bits per heavy atom. The molecule has 2 aromatic carbocycles. The van der Waals surface area contributed by atoms with Crippen molar-refractivity contribution in [2.24, 2.45) is 0 Å². The normalized spacial score (nSPS) is 12.6. The van der Waals surface area contributed by atoms with Gasteiger partial charge in [0.2, 0.25) is 0 Å². The standard InChI is InChI=1S/C20H20N4S/c1-3-24-19(17-13-21-18-12-8-7-11-16(17)18)22-23-20(24)25-14(2)15-9-5-4-6-10-15/h4-14,21H,3H2,1-2H3. The zero-order chi connectivity index (χ0) is 17.2. The summed E-state index contributed by atoms with van der Waals surface area (Å²) in [5, 5.41) is 11.4. The van der Waals surface area contributed by atoms with E-state index < -0.39 is 0 Å².